The van der Waals surface area contributed by atoms with Crippen LogP contribution < -0.4 is 11.1 Å². The Kier molecular flexibility index (Phi) is 5.71. The van der Waals surface area contributed by atoms with Gasteiger partial charge in [-0.3, -0.25) is 9.78 Å². The first kappa shape index (κ1) is 16.2. The molecule has 1 fully saturated rings. The highest BCUT2D eigenvalue weighted by atomic mass is 16.5. The topological polar surface area (TPSA) is 97.5 Å². The highest BCUT2D eigenvalue weighted by molar-refractivity contribution is 5.94. The second-order valence-corrected chi connectivity index (χ2v) is 5.24. The fourth-order valence-electron chi connectivity index (χ4n) is 2.34. The first-order valence-electron chi connectivity index (χ1n) is 7.50. The van der Waals surface area contributed by atoms with Gasteiger partial charge in [0.05, 0.1) is 18.8 Å². The van der Waals surface area contributed by atoms with Crippen LogP contribution in [0.1, 0.15) is 35.8 Å². The van der Waals surface area contributed by atoms with E-state index in [1.807, 2.05) is 0 Å². The second-order valence-electron chi connectivity index (χ2n) is 5.24. The molecule has 120 valence electrons. The predicted molar refractivity (Wildman–Crippen MR) is 81.2 cm³/mol. The number of hydrogen-bond acceptors (Lipinski definition) is 5. The van der Waals surface area contributed by atoms with Gasteiger partial charge in [-0.15, -0.1) is 0 Å². The molecule has 3 N–H and O–H groups in total. The quantitative estimate of drug-likeness (QED) is 0.861. The summed E-state index contributed by atoms with van der Waals surface area (Å²) in [6.45, 7) is 3.64. The van der Waals surface area contributed by atoms with Gasteiger partial charge in [-0.25, -0.2) is 4.79 Å². The summed E-state index contributed by atoms with van der Waals surface area (Å²) in [5.41, 5.74) is 7.05. The van der Waals surface area contributed by atoms with Crippen molar-refractivity contribution in [3.8, 4) is 0 Å². The van der Waals surface area contributed by atoms with Gasteiger partial charge < -0.3 is 20.7 Å². The molecule has 0 atom stereocenters. The third kappa shape index (κ3) is 4.42. The van der Waals surface area contributed by atoms with Gasteiger partial charge in [-0.05, 0) is 31.9 Å². The number of nitrogens with zero attached hydrogens (tertiary/aromatic N) is 2. The first-order valence-corrected chi connectivity index (χ1v) is 7.50. The Morgan fingerprint density at radius 2 is 2.18 bits per heavy atom. The van der Waals surface area contributed by atoms with Crippen molar-refractivity contribution < 1.29 is 14.3 Å². The zero-order valence-electron chi connectivity index (χ0n) is 12.7. The maximum absolute atomic E-state index is 12.4. The molecule has 22 heavy (non-hydrogen) atoms. The summed E-state index contributed by atoms with van der Waals surface area (Å²) in [6.07, 6.45) is 2.74. The lowest BCUT2D eigenvalue weighted by atomic mass is 10.0. The number of piperidine rings is 1. The Morgan fingerprint density at radius 3 is 2.86 bits per heavy atom. The molecular formula is C15H22N4O3. The van der Waals surface area contributed by atoms with Crippen molar-refractivity contribution in [1.82, 2.24) is 15.2 Å². The van der Waals surface area contributed by atoms with Crippen LogP contribution >= 0.6 is 0 Å². The van der Waals surface area contributed by atoms with Crippen LogP contribution in [0.3, 0.4) is 0 Å². The normalized spacial score (nSPS) is 15.5. The van der Waals surface area contributed by atoms with E-state index in [0.717, 1.165) is 12.8 Å². The fourth-order valence-corrected chi connectivity index (χ4v) is 2.34. The van der Waals surface area contributed by atoms with Gasteiger partial charge in [0.15, 0.2) is 0 Å². The number of aromatic nitrogens is 1. The number of alkyl carbamates (subject to hydrolysis) is 1. The van der Waals surface area contributed by atoms with Crippen molar-refractivity contribution in [3.63, 3.8) is 0 Å². The monoisotopic (exact) mass is 306 g/mol. The number of nitrogens with one attached hydrogen (secondary N) is 1. The Morgan fingerprint density at radius 1 is 1.45 bits per heavy atom. The molecule has 0 spiro atoms. The summed E-state index contributed by atoms with van der Waals surface area (Å²) >= 11 is 0. The molecule has 1 aromatic heterocycles. The van der Waals surface area contributed by atoms with E-state index < -0.39 is 6.09 Å². The zero-order chi connectivity index (χ0) is 15.9. The van der Waals surface area contributed by atoms with Gasteiger partial charge in [0, 0.05) is 30.9 Å². The number of likely N-dealkylation sites (tertiary alicyclic amines) is 1. The third-order valence-corrected chi connectivity index (χ3v) is 3.58. The van der Waals surface area contributed by atoms with E-state index in [4.69, 9.17) is 10.5 Å². The number of hydrogen-bond donors (Lipinski definition) is 2. The molecule has 1 aliphatic rings. The Bertz CT molecular complexity index is 527. The first-order chi connectivity index (χ1) is 10.6. The molecule has 2 rings (SSSR count). The van der Waals surface area contributed by atoms with E-state index in [1.54, 1.807) is 30.2 Å². The van der Waals surface area contributed by atoms with E-state index in [-0.39, 0.29) is 18.5 Å². The SMILES string of the molecule is CCOC(=O)NCc1cc(C(=O)N2CCC(N)CC2)ccn1. The molecule has 7 nitrogen and oxygen atoms in total. The molecule has 2 amide bonds. The van der Waals surface area contributed by atoms with Crippen LogP contribution in [0.2, 0.25) is 0 Å². The van der Waals surface area contributed by atoms with Gasteiger partial charge in [-0.2, -0.15) is 0 Å². The van der Waals surface area contributed by atoms with Crippen molar-refractivity contribution in [2.45, 2.75) is 32.4 Å². The van der Waals surface area contributed by atoms with Crippen LogP contribution in [0.5, 0.6) is 0 Å². The highest BCUT2D eigenvalue weighted by Crippen LogP contribution is 2.13. The van der Waals surface area contributed by atoms with Crippen molar-refractivity contribution in [1.29, 1.82) is 0 Å². The molecule has 7 heteroatoms. The van der Waals surface area contributed by atoms with E-state index in [9.17, 15) is 9.59 Å². The molecule has 0 bridgehead atoms. The predicted octanol–water partition coefficient (Wildman–Crippen LogP) is 0.891. The highest BCUT2D eigenvalue weighted by Gasteiger charge is 2.21. The lowest BCUT2D eigenvalue weighted by Crippen LogP contribution is -2.42. The van der Waals surface area contributed by atoms with Crippen LogP contribution in [0.4, 0.5) is 4.79 Å². The molecule has 2 heterocycles. The summed E-state index contributed by atoms with van der Waals surface area (Å²) in [6, 6.07) is 3.57. The molecule has 0 aliphatic carbocycles. The number of nitrogens with two attached hydrogens (primary N) is 1. The van der Waals surface area contributed by atoms with E-state index >= 15 is 0 Å². The molecule has 0 saturated carbocycles. The largest absolute Gasteiger partial charge is 0.450 e. The number of pyridine rings is 1. The minimum Gasteiger partial charge on any atom is -0.450 e. The second kappa shape index (κ2) is 7.74. The van der Waals surface area contributed by atoms with Gasteiger partial charge in [0.25, 0.3) is 5.91 Å². The maximum Gasteiger partial charge on any atom is 0.407 e. The van der Waals surface area contributed by atoms with Crippen LogP contribution in [-0.4, -0.2) is 47.6 Å². The number of carbonyl (C=O) groups is 2. The van der Waals surface area contributed by atoms with Crippen LogP contribution in [0.25, 0.3) is 0 Å². The van der Waals surface area contributed by atoms with Crippen molar-refractivity contribution >= 4 is 12.0 Å². The van der Waals surface area contributed by atoms with E-state index in [2.05, 4.69) is 10.3 Å². The lowest BCUT2D eigenvalue weighted by molar-refractivity contribution is 0.0714. The van der Waals surface area contributed by atoms with Gasteiger partial charge in [0.1, 0.15) is 0 Å². The molecule has 0 aromatic carbocycles. The maximum atomic E-state index is 12.4. The van der Waals surface area contributed by atoms with E-state index in [1.165, 1.54) is 0 Å². The molecule has 0 unspecified atom stereocenters. The Labute approximate surface area is 129 Å². The van der Waals surface area contributed by atoms with Crippen molar-refractivity contribution in [2.75, 3.05) is 19.7 Å². The van der Waals surface area contributed by atoms with Crippen LogP contribution in [0, 0.1) is 0 Å². The standard InChI is InChI=1S/C15H22N4O3/c1-2-22-15(21)18-10-13-9-11(3-6-17-13)14(20)19-7-4-12(16)5-8-19/h3,6,9,12H,2,4-5,7-8,10,16H2,1H3,(H,18,21). The summed E-state index contributed by atoms with van der Waals surface area (Å²) in [7, 11) is 0. The number of ether oxygens (including phenoxy) is 1. The average molecular weight is 306 g/mol. The Balaban J connectivity index is 1.95. The smallest absolute Gasteiger partial charge is 0.407 e. The van der Waals surface area contributed by atoms with Gasteiger partial charge in [0.2, 0.25) is 0 Å². The minimum absolute atomic E-state index is 0.0216. The Hall–Kier alpha value is -2.15. The molecular weight excluding hydrogens is 284 g/mol. The molecule has 1 aliphatic heterocycles. The fraction of sp³-hybridized carbons (Fsp3) is 0.533. The van der Waals surface area contributed by atoms with Gasteiger partial charge >= 0.3 is 6.09 Å². The van der Waals surface area contributed by atoms with Crippen LogP contribution in [-0.2, 0) is 11.3 Å². The third-order valence-electron chi connectivity index (χ3n) is 3.58. The summed E-state index contributed by atoms with van der Waals surface area (Å²) in [5, 5.41) is 2.59. The average Bonchev–Trinajstić information content (AvgIpc) is 2.53. The lowest BCUT2D eigenvalue weighted by Gasteiger charge is -2.30. The summed E-state index contributed by atoms with van der Waals surface area (Å²) < 4.78 is 4.78. The number of carbonyl (C=O) groups excluding carboxylic acids is 2. The molecule has 1 saturated heterocycles. The van der Waals surface area contributed by atoms with Gasteiger partial charge in [-0.1, -0.05) is 0 Å². The number of amides is 2. The summed E-state index contributed by atoms with van der Waals surface area (Å²) in [5.74, 6) is -0.0216. The minimum atomic E-state index is -0.494. The molecule has 0 radical (unpaired) electrons. The van der Waals surface area contributed by atoms with Crippen molar-refractivity contribution in [2.24, 2.45) is 5.73 Å². The number of rotatable bonds is 4. The van der Waals surface area contributed by atoms with Crippen LogP contribution in [0.15, 0.2) is 18.3 Å². The summed E-state index contributed by atoms with van der Waals surface area (Å²) in [4.78, 5) is 29.7. The van der Waals surface area contributed by atoms with E-state index in [0.29, 0.717) is 31.0 Å². The zero-order valence-corrected chi connectivity index (χ0v) is 12.7. The van der Waals surface area contributed by atoms with Crippen molar-refractivity contribution in [3.05, 3.63) is 29.6 Å². The molecule has 1 aromatic rings.